The summed E-state index contributed by atoms with van der Waals surface area (Å²) < 4.78 is 2.72. The van der Waals surface area contributed by atoms with Gasteiger partial charge in [-0.3, -0.25) is 4.90 Å². The van der Waals surface area contributed by atoms with E-state index in [0.717, 1.165) is 13.1 Å². The average molecular weight is 425 g/mol. The summed E-state index contributed by atoms with van der Waals surface area (Å²) >= 11 is 0. The molecule has 2 nitrogen and oxygen atoms in total. The van der Waals surface area contributed by atoms with Gasteiger partial charge < -0.3 is 4.57 Å². The highest BCUT2D eigenvalue weighted by Crippen LogP contribution is 2.44. The zero-order chi connectivity index (χ0) is 21.6. The second-order valence-corrected chi connectivity index (χ2v) is 12.1. The number of hydrogen-bond donors (Lipinski definition) is 0. The van der Waals surface area contributed by atoms with Crippen LogP contribution in [-0.2, 0) is 18.3 Å². The minimum Gasteiger partial charge on any atom is -0.396 e. The van der Waals surface area contributed by atoms with Crippen LogP contribution in [0.5, 0.6) is 0 Å². The number of hydrogen-bond acceptors (Lipinski definition) is 2. The molecule has 1 unspecified atom stereocenters. The Bertz CT molecular complexity index is 1100. The Morgan fingerprint density at radius 1 is 0.839 bits per heavy atom. The van der Waals surface area contributed by atoms with Crippen molar-refractivity contribution in [3.8, 4) is 0 Å². The van der Waals surface area contributed by atoms with Gasteiger partial charge in [-0.2, -0.15) is 0 Å². The predicted octanol–water partition coefficient (Wildman–Crippen LogP) is 5.58. The van der Waals surface area contributed by atoms with Crippen LogP contribution in [-0.4, -0.2) is 20.1 Å². The summed E-state index contributed by atoms with van der Waals surface area (Å²) in [5.41, 5.74) is 8.54. The molecule has 0 aromatic heterocycles. The second-order valence-electron chi connectivity index (χ2n) is 10.1. The maximum atomic E-state index is 2.74. The zero-order valence-electron chi connectivity index (χ0n) is 19.1. The van der Waals surface area contributed by atoms with Gasteiger partial charge in [-0.1, -0.05) is 78.4 Å². The van der Waals surface area contributed by atoms with E-state index in [9.17, 15) is 0 Å². The van der Waals surface area contributed by atoms with E-state index in [0.29, 0.717) is 0 Å². The van der Waals surface area contributed by atoms with E-state index in [2.05, 4.69) is 122 Å². The molecule has 5 rings (SSSR count). The van der Waals surface area contributed by atoms with Crippen molar-refractivity contribution >= 4 is 21.4 Å². The third-order valence-electron chi connectivity index (χ3n) is 6.93. The predicted molar refractivity (Wildman–Crippen MR) is 135 cm³/mol. The van der Waals surface area contributed by atoms with Crippen molar-refractivity contribution in [3.05, 3.63) is 107 Å². The summed E-state index contributed by atoms with van der Waals surface area (Å²) in [6.45, 7) is 11.3. The third kappa shape index (κ3) is 3.56. The highest BCUT2D eigenvalue weighted by Gasteiger charge is 2.45. The van der Waals surface area contributed by atoms with Crippen molar-refractivity contribution in [1.29, 1.82) is 0 Å². The third-order valence-corrected chi connectivity index (χ3v) is 10.1. The van der Waals surface area contributed by atoms with Crippen LogP contribution in [0.2, 0.25) is 0 Å². The Hall–Kier alpha value is -2.62. The Kier molecular flexibility index (Phi) is 4.91. The van der Waals surface area contributed by atoms with Crippen molar-refractivity contribution in [1.82, 2.24) is 4.90 Å². The Balaban J connectivity index is 1.60. The highest BCUT2D eigenvalue weighted by atomic mass is 28.2. The fourth-order valence-electron chi connectivity index (χ4n) is 5.16. The van der Waals surface area contributed by atoms with Gasteiger partial charge >= 0.3 is 0 Å². The van der Waals surface area contributed by atoms with Gasteiger partial charge in [0.05, 0.1) is 5.16 Å². The van der Waals surface area contributed by atoms with Crippen LogP contribution in [0.1, 0.15) is 48.6 Å². The minimum atomic E-state index is -0.801. The van der Waals surface area contributed by atoms with Crippen LogP contribution in [0.15, 0.2) is 78.9 Å². The Labute approximate surface area is 189 Å². The smallest absolute Gasteiger partial charge is 0.155 e. The molecule has 3 heteroatoms. The van der Waals surface area contributed by atoms with E-state index in [-0.39, 0.29) is 10.7 Å². The second kappa shape index (κ2) is 7.51. The molecule has 0 spiro atoms. The van der Waals surface area contributed by atoms with Crippen LogP contribution in [0.3, 0.4) is 0 Å². The van der Waals surface area contributed by atoms with Gasteiger partial charge in [0.2, 0.25) is 0 Å². The monoisotopic (exact) mass is 424 g/mol. The molecular formula is C28H32N2Si. The van der Waals surface area contributed by atoms with Crippen LogP contribution < -0.4 is 4.57 Å². The lowest BCUT2D eigenvalue weighted by Crippen LogP contribution is -2.57. The van der Waals surface area contributed by atoms with Gasteiger partial charge in [-0.05, 0) is 62.1 Å². The van der Waals surface area contributed by atoms with Crippen molar-refractivity contribution in [3.63, 3.8) is 0 Å². The van der Waals surface area contributed by atoms with Crippen LogP contribution in [0, 0.1) is 6.92 Å². The van der Waals surface area contributed by atoms with E-state index in [1.54, 1.807) is 0 Å². The van der Waals surface area contributed by atoms with Gasteiger partial charge in [0.15, 0.2) is 9.68 Å². The quantitative estimate of drug-likeness (QED) is 0.505. The molecule has 0 fully saturated rings. The van der Waals surface area contributed by atoms with E-state index in [1.165, 1.54) is 33.5 Å². The summed E-state index contributed by atoms with van der Waals surface area (Å²) in [7, 11) is -0.801. The first-order valence-corrected chi connectivity index (χ1v) is 12.7. The maximum Gasteiger partial charge on any atom is 0.155 e. The lowest BCUT2D eigenvalue weighted by Gasteiger charge is -2.47. The molecule has 0 amide bonds. The van der Waals surface area contributed by atoms with Gasteiger partial charge in [0.25, 0.3) is 0 Å². The normalized spacial score (nSPS) is 20.4. The van der Waals surface area contributed by atoms with Crippen LogP contribution in [0.25, 0.3) is 6.08 Å². The van der Waals surface area contributed by atoms with Gasteiger partial charge in [0, 0.05) is 24.3 Å². The first kappa shape index (κ1) is 20.3. The van der Waals surface area contributed by atoms with E-state index >= 15 is 0 Å². The fraction of sp³-hybridized carbons (Fsp3) is 0.286. The minimum absolute atomic E-state index is 0.0201. The summed E-state index contributed by atoms with van der Waals surface area (Å²) in [6, 6.07) is 27.1. The molecule has 1 atom stereocenters. The summed E-state index contributed by atoms with van der Waals surface area (Å²) in [6.07, 6.45) is 4.88. The number of benzene rings is 3. The molecular weight excluding hydrogens is 392 g/mol. The lowest BCUT2D eigenvalue weighted by molar-refractivity contribution is 0.199. The largest absolute Gasteiger partial charge is 0.396 e. The molecule has 158 valence electrons. The Morgan fingerprint density at radius 3 is 2.10 bits per heavy atom. The molecule has 1 aliphatic heterocycles. The van der Waals surface area contributed by atoms with Crippen molar-refractivity contribution in [2.45, 2.75) is 51.5 Å². The number of fused-ring (bicyclic) bond motifs is 2. The lowest BCUT2D eigenvalue weighted by atomic mass is 10.1. The summed E-state index contributed by atoms with van der Waals surface area (Å²) in [5, 5.41) is -0.0201. The molecule has 1 aliphatic carbocycles. The molecule has 0 bridgehead atoms. The molecule has 0 radical (unpaired) electrons. The van der Waals surface area contributed by atoms with E-state index < -0.39 is 9.68 Å². The first-order valence-electron chi connectivity index (χ1n) is 11.3. The zero-order valence-corrected chi connectivity index (χ0v) is 20.5. The number of rotatable bonds is 4. The average Bonchev–Trinajstić information content (AvgIpc) is 3.35. The molecule has 3 aromatic rings. The van der Waals surface area contributed by atoms with E-state index in [4.69, 9.17) is 0 Å². The Morgan fingerprint density at radius 2 is 1.45 bits per heavy atom. The van der Waals surface area contributed by atoms with Gasteiger partial charge in [-0.25, -0.2) is 0 Å². The number of anilines is 1. The molecule has 2 aliphatic rings. The summed E-state index contributed by atoms with van der Waals surface area (Å²) in [5.74, 6) is 0. The number of aryl methyl sites for hydroxylation is 1. The maximum absolute atomic E-state index is 2.74. The molecule has 3 aromatic carbocycles. The SMILES string of the molecule is Cc1ccc(N([SiH2]C2(N3Cc4ccccc4C3)C=Cc3ccccc32)C(C)(C)C)cc1. The molecule has 0 saturated carbocycles. The molecule has 31 heavy (non-hydrogen) atoms. The van der Waals surface area contributed by atoms with Crippen molar-refractivity contribution < 1.29 is 0 Å². The molecule has 0 saturated heterocycles. The highest BCUT2D eigenvalue weighted by molar-refractivity contribution is 6.47. The standard InChI is InChI=1S/C28H32N2Si/c1-21-13-15-25(16-14-21)30(27(2,3)4)31-28(18-17-22-9-7-8-12-26(22)28)29-19-23-10-5-6-11-24(23)20-29/h5-18H,19-20,31H2,1-4H3. The first-order chi connectivity index (χ1) is 14.9. The van der Waals surface area contributed by atoms with Gasteiger partial charge in [0.1, 0.15) is 0 Å². The van der Waals surface area contributed by atoms with Gasteiger partial charge in [-0.15, -0.1) is 0 Å². The van der Waals surface area contributed by atoms with E-state index in [1.807, 2.05) is 0 Å². The van der Waals surface area contributed by atoms with Crippen molar-refractivity contribution in [2.24, 2.45) is 0 Å². The number of nitrogens with zero attached hydrogens (tertiary/aromatic N) is 2. The summed E-state index contributed by atoms with van der Waals surface area (Å²) in [4.78, 5) is 2.74. The van der Waals surface area contributed by atoms with Crippen molar-refractivity contribution in [2.75, 3.05) is 4.57 Å². The topological polar surface area (TPSA) is 6.48 Å². The molecule has 0 N–H and O–H groups in total. The van der Waals surface area contributed by atoms with Crippen LogP contribution in [0.4, 0.5) is 5.69 Å². The van der Waals surface area contributed by atoms with Crippen LogP contribution >= 0.6 is 0 Å². The molecule has 1 heterocycles. The fourth-order valence-corrected chi connectivity index (χ4v) is 7.65.